The third kappa shape index (κ3) is 4.01. The zero-order valence-electron chi connectivity index (χ0n) is 18.8. The number of hydrogen-bond donors (Lipinski definition) is 0. The fraction of sp³-hybridized carbons (Fsp3) is 0.500. The van der Waals surface area contributed by atoms with Crippen LogP contribution in [0.15, 0.2) is 42.6 Å². The van der Waals surface area contributed by atoms with Crippen molar-refractivity contribution in [3.05, 3.63) is 65.0 Å². The van der Waals surface area contributed by atoms with Crippen LogP contribution in [0.25, 0.3) is 0 Å². The van der Waals surface area contributed by atoms with Crippen molar-refractivity contribution in [2.24, 2.45) is 23.2 Å². The predicted octanol–water partition coefficient (Wildman–Crippen LogP) is 5.22. The Morgan fingerprint density at radius 3 is 2.38 bits per heavy atom. The topological polar surface area (TPSA) is 61.8 Å². The van der Waals surface area contributed by atoms with Gasteiger partial charge in [-0.05, 0) is 86.3 Å². The van der Waals surface area contributed by atoms with E-state index in [4.69, 9.17) is 5.26 Å². The molecule has 4 aliphatic carbocycles. The Morgan fingerprint density at radius 1 is 1.03 bits per heavy atom. The average molecular weight is 428 g/mol. The van der Waals surface area contributed by atoms with Gasteiger partial charge in [0.1, 0.15) is 0 Å². The molecule has 0 aliphatic heterocycles. The van der Waals surface area contributed by atoms with Crippen LogP contribution in [0.3, 0.4) is 0 Å². The molecule has 0 unspecified atom stereocenters. The van der Waals surface area contributed by atoms with Crippen molar-refractivity contribution in [2.45, 2.75) is 64.8 Å². The maximum absolute atomic E-state index is 13.2. The first kappa shape index (κ1) is 21.1. The number of carbonyl (C=O) groups is 2. The molecule has 4 fully saturated rings. The number of benzene rings is 1. The van der Waals surface area contributed by atoms with Gasteiger partial charge in [-0.15, -0.1) is 0 Å². The molecule has 0 N–H and O–H groups in total. The summed E-state index contributed by atoms with van der Waals surface area (Å²) in [6.45, 7) is 2.09. The SMILES string of the molecule is Cc1c(C(=O)CCC23CC4CC(CC(C4)C2)C3)ccc[n+]1CC(=O)c1cccc(C#N)c1. The summed E-state index contributed by atoms with van der Waals surface area (Å²) >= 11 is 0. The molecule has 4 heteroatoms. The number of Topliss-reactive ketones (excluding diaryl/α,β-unsaturated/α-hetero) is 2. The second-order valence-electron chi connectivity index (χ2n) is 10.6. The van der Waals surface area contributed by atoms with Crippen LogP contribution < -0.4 is 4.57 Å². The van der Waals surface area contributed by atoms with Crippen molar-refractivity contribution in [3.8, 4) is 6.07 Å². The minimum Gasteiger partial charge on any atom is -0.294 e. The first-order valence-electron chi connectivity index (χ1n) is 12.0. The van der Waals surface area contributed by atoms with E-state index in [0.29, 0.717) is 23.0 Å². The lowest BCUT2D eigenvalue weighted by atomic mass is 9.48. The normalized spacial score (nSPS) is 27.8. The molecule has 4 nitrogen and oxygen atoms in total. The molecule has 2 aromatic rings. The van der Waals surface area contributed by atoms with Crippen molar-refractivity contribution in [1.29, 1.82) is 5.26 Å². The van der Waals surface area contributed by atoms with E-state index < -0.39 is 0 Å². The molecule has 4 aliphatic rings. The molecule has 32 heavy (non-hydrogen) atoms. The van der Waals surface area contributed by atoms with Crippen LogP contribution >= 0.6 is 0 Å². The monoisotopic (exact) mass is 427 g/mol. The Morgan fingerprint density at radius 2 is 1.72 bits per heavy atom. The van der Waals surface area contributed by atoms with Gasteiger partial charge in [-0.2, -0.15) is 9.83 Å². The van der Waals surface area contributed by atoms with Gasteiger partial charge in [0.2, 0.25) is 12.3 Å². The number of pyridine rings is 1. The molecule has 6 rings (SSSR count). The number of hydrogen-bond acceptors (Lipinski definition) is 3. The Labute approximate surface area is 190 Å². The summed E-state index contributed by atoms with van der Waals surface area (Å²) in [6, 6.07) is 12.6. The highest BCUT2D eigenvalue weighted by Gasteiger charge is 2.50. The highest BCUT2D eigenvalue weighted by Crippen LogP contribution is 2.61. The molecular formula is C28H31N2O2+. The molecule has 1 heterocycles. The van der Waals surface area contributed by atoms with Crippen molar-refractivity contribution in [3.63, 3.8) is 0 Å². The molecule has 1 aromatic carbocycles. The highest BCUT2D eigenvalue weighted by molar-refractivity contribution is 5.97. The molecule has 164 valence electrons. The minimum absolute atomic E-state index is 0.0617. The van der Waals surface area contributed by atoms with Crippen LogP contribution in [0.4, 0.5) is 0 Å². The number of aromatic nitrogens is 1. The van der Waals surface area contributed by atoms with Crippen molar-refractivity contribution in [2.75, 3.05) is 0 Å². The van der Waals surface area contributed by atoms with Crippen LogP contribution in [-0.2, 0) is 6.54 Å². The number of nitrogens with zero attached hydrogens (tertiary/aromatic N) is 2. The maximum atomic E-state index is 13.2. The Balaban J connectivity index is 1.27. The largest absolute Gasteiger partial charge is 0.294 e. The van der Waals surface area contributed by atoms with Crippen molar-refractivity contribution in [1.82, 2.24) is 0 Å². The fourth-order valence-electron chi connectivity index (χ4n) is 7.21. The molecule has 4 bridgehead atoms. The second kappa shape index (κ2) is 8.28. The van der Waals surface area contributed by atoms with Crippen LogP contribution in [0.5, 0.6) is 0 Å². The van der Waals surface area contributed by atoms with E-state index in [1.54, 1.807) is 24.3 Å². The van der Waals surface area contributed by atoms with Gasteiger partial charge in [-0.1, -0.05) is 12.1 Å². The van der Waals surface area contributed by atoms with Crippen LogP contribution in [0.2, 0.25) is 0 Å². The van der Waals surface area contributed by atoms with E-state index in [2.05, 4.69) is 6.07 Å². The summed E-state index contributed by atoms with van der Waals surface area (Å²) in [5.41, 5.74) is 2.98. The van der Waals surface area contributed by atoms with Gasteiger partial charge >= 0.3 is 0 Å². The summed E-state index contributed by atoms with van der Waals surface area (Å²) in [7, 11) is 0. The minimum atomic E-state index is -0.0617. The molecule has 0 saturated heterocycles. The second-order valence-corrected chi connectivity index (χ2v) is 10.6. The summed E-state index contributed by atoms with van der Waals surface area (Å²) in [5, 5.41) is 9.09. The zero-order valence-corrected chi connectivity index (χ0v) is 18.8. The molecule has 4 saturated carbocycles. The summed E-state index contributed by atoms with van der Waals surface area (Å²) in [5.74, 6) is 2.85. The van der Waals surface area contributed by atoms with Gasteiger partial charge in [-0.3, -0.25) is 9.59 Å². The Kier molecular flexibility index (Phi) is 5.45. The molecule has 0 amide bonds. The molecule has 0 radical (unpaired) electrons. The van der Waals surface area contributed by atoms with Crippen molar-refractivity contribution < 1.29 is 14.2 Å². The molecular weight excluding hydrogens is 396 g/mol. The standard InChI is InChI=1S/C28H31N2O2/c1-19-25(6-3-9-30(19)18-27(32)24-5-2-4-20(13-24)17-29)26(31)7-8-28-14-21-10-22(15-28)12-23(11-21)16-28/h2-6,9,13,21-23H,7-8,10-12,14-16,18H2,1H3/q+1. The summed E-state index contributed by atoms with van der Waals surface area (Å²) in [6.07, 6.45) is 11.8. The van der Waals surface area contributed by atoms with E-state index >= 15 is 0 Å². The average Bonchev–Trinajstić information content (AvgIpc) is 2.78. The molecule has 1 aromatic heterocycles. The number of carbonyl (C=O) groups excluding carboxylic acids is 2. The molecule has 0 atom stereocenters. The van der Waals surface area contributed by atoms with Gasteiger partial charge in [0, 0.05) is 25.0 Å². The Bertz CT molecular complexity index is 1080. The van der Waals surface area contributed by atoms with Crippen LogP contribution in [0.1, 0.15) is 83.3 Å². The van der Waals surface area contributed by atoms with Gasteiger partial charge in [-0.25, -0.2) is 0 Å². The lowest BCUT2D eigenvalue weighted by molar-refractivity contribution is -0.689. The smallest absolute Gasteiger partial charge is 0.227 e. The summed E-state index contributed by atoms with van der Waals surface area (Å²) < 4.78 is 1.86. The predicted molar refractivity (Wildman–Crippen MR) is 121 cm³/mol. The van der Waals surface area contributed by atoms with E-state index in [0.717, 1.165) is 35.4 Å². The van der Waals surface area contributed by atoms with Gasteiger partial charge in [0.25, 0.3) is 0 Å². The lowest BCUT2D eigenvalue weighted by Gasteiger charge is -2.57. The van der Waals surface area contributed by atoms with Crippen LogP contribution in [-0.4, -0.2) is 11.6 Å². The van der Waals surface area contributed by atoms with E-state index in [9.17, 15) is 9.59 Å². The first-order valence-corrected chi connectivity index (χ1v) is 12.0. The van der Waals surface area contributed by atoms with E-state index in [1.807, 2.05) is 29.8 Å². The van der Waals surface area contributed by atoms with Crippen molar-refractivity contribution >= 4 is 11.6 Å². The zero-order chi connectivity index (χ0) is 22.3. The first-order chi connectivity index (χ1) is 15.4. The number of nitriles is 1. The fourth-order valence-corrected chi connectivity index (χ4v) is 7.21. The number of rotatable bonds is 7. The van der Waals surface area contributed by atoms with Gasteiger partial charge in [0.15, 0.2) is 17.7 Å². The Hall–Kier alpha value is -2.80. The highest BCUT2D eigenvalue weighted by atomic mass is 16.1. The lowest BCUT2D eigenvalue weighted by Crippen LogP contribution is -2.46. The molecule has 0 spiro atoms. The third-order valence-electron chi connectivity index (χ3n) is 8.32. The van der Waals surface area contributed by atoms with Crippen LogP contribution in [0, 0.1) is 41.4 Å². The third-order valence-corrected chi connectivity index (χ3v) is 8.32. The van der Waals surface area contributed by atoms with Gasteiger partial charge in [0.05, 0.1) is 17.2 Å². The maximum Gasteiger partial charge on any atom is 0.227 e. The van der Waals surface area contributed by atoms with E-state index in [-0.39, 0.29) is 18.1 Å². The number of ketones is 2. The summed E-state index contributed by atoms with van der Waals surface area (Å²) in [4.78, 5) is 26.0. The van der Waals surface area contributed by atoms with E-state index in [1.165, 1.54) is 38.5 Å². The quantitative estimate of drug-likeness (QED) is 0.450. The van der Waals surface area contributed by atoms with Gasteiger partial charge < -0.3 is 0 Å².